The topological polar surface area (TPSA) is 22.4 Å². The van der Waals surface area contributed by atoms with Crippen LogP contribution in [0.5, 0.6) is 5.75 Å². The molecule has 1 aromatic heterocycles. The predicted octanol–water partition coefficient (Wildman–Crippen LogP) is 4.07. The van der Waals surface area contributed by atoms with Crippen LogP contribution in [0.3, 0.4) is 0 Å². The third kappa shape index (κ3) is 2.64. The van der Waals surface area contributed by atoms with Gasteiger partial charge in [-0.15, -0.1) is 0 Å². The highest BCUT2D eigenvalue weighted by atomic mass is 79.9. The van der Waals surface area contributed by atoms with E-state index in [4.69, 9.17) is 9.15 Å². The Labute approximate surface area is 101 Å². The van der Waals surface area contributed by atoms with E-state index in [0.717, 1.165) is 11.5 Å². The van der Waals surface area contributed by atoms with Crippen LogP contribution >= 0.6 is 15.9 Å². The summed E-state index contributed by atoms with van der Waals surface area (Å²) < 4.78 is 24.1. The van der Waals surface area contributed by atoms with Gasteiger partial charge in [0.1, 0.15) is 29.7 Å². The lowest BCUT2D eigenvalue weighted by Gasteiger charge is -2.04. The van der Waals surface area contributed by atoms with Gasteiger partial charge in [0.25, 0.3) is 0 Å². The van der Waals surface area contributed by atoms with Gasteiger partial charge in [0.05, 0.1) is 4.47 Å². The molecule has 0 aliphatic rings. The summed E-state index contributed by atoms with van der Waals surface area (Å²) in [7, 11) is 0. The van der Waals surface area contributed by atoms with Gasteiger partial charge in [-0.2, -0.15) is 0 Å². The standard InChI is InChI=1S/C12H10BrFO2/c1-8-2-3-10(16-8)7-15-9-4-5-12(14)11(13)6-9/h2-6H,7H2,1H3. The first-order valence-electron chi connectivity index (χ1n) is 4.78. The van der Waals surface area contributed by atoms with Gasteiger partial charge in [0.15, 0.2) is 0 Å². The molecule has 4 heteroatoms. The summed E-state index contributed by atoms with van der Waals surface area (Å²) in [5, 5.41) is 0. The van der Waals surface area contributed by atoms with Gasteiger partial charge in [-0.1, -0.05) is 0 Å². The molecule has 2 rings (SSSR count). The van der Waals surface area contributed by atoms with E-state index in [1.165, 1.54) is 6.07 Å². The lowest BCUT2D eigenvalue weighted by molar-refractivity contribution is 0.267. The van der Waals surface area contributed by atoms with Crippen molar-refractivity contribution in [2.24, 2.45) is 0 Å². The monoisotopic (exact) mass is 284 g/mol. The summed E-state index contributed by atoms with van der Waals surface area (Å²) in [5.74, 6) is 1.89. The Morgan fingerprint density at radius 2 is 2.12 bits per heavy atom. The highest BCUT2D eigenvalue weighted by Gasteiger charge is 2.03. The molecule has 0 spiro atoms. The molecule has 16 heavy (non-hydrogen) atoms. The van der Waals surface area contributed by atoms with Crippen molar-refractivity contribution >= 4 is 15.9 Å². The highest BCUT2D eigenvalue weighted by molar-refractivity contribution is 9.10. The minimum absolute atomic E-state index is 0.304. The van der Waals surface area contributed by atoms with E-state index < -0.39 is 0 Å². The van der Waals surface area contributed by atoms with E-state index in [-0.39, 0.29) is 5.82 Å². The lowest BCUT2D eigenvalue weighted by Crippen LogP contribution is -1.94. The fourth-order valence-corrected chi connectivity index (χ4v) is 1.64. The SMILES string of the molecule is Cc1ccc(COc2ccc(F)c(Br)c2)o1. The number of rotatable bonds is 3. The second-order valence-electron chi connectivity index (χ2n) is 3.38. The van der Waals surface area contributed by atoms with E-state index in [1.54, 1.807) is 12.1 Å². The van der Waals surface area contributed by atoms with Crippen molar-refractivity contribution in [1.82, 2.24) is 0 Å². The predicted molar refractivity (Wildman–Crippen MR) is 61.9 cm³/mol. The molecule has 0 bridgehead atoms. The molecular weight excluding hydrogens is 275 g/mol. The summed E-state index contributed by atoms with van der Waals surface area (Å²) in [6, 6.07) is 8.25. The molecule has 0 aliphatic heterocycles. The van der Waals surface area contributed by atoms with E-state index in [0.29, 0.717) is 16.8 Å². The third-order valence-electron chi connectivity index (χ3n) is 2.07. The number of halogens is 2. The van der Waals surface area contributed by atoms with Crippen LogP contribution in [0.15, 0.2) is 39.2 Å². The zero-order valence-electron chi connectivity index (χ0n) is 8.67. The summed E-state index contributed by atoms with van der Waals surface area (Å²) in [6.07, 6.45) is 0. The van der Waals surface area contributed by atoms with E-state index >= 15 is 0 Å². The summed E-state index contributed by atoms with van der Waals surface area (Å²) in [4.78, 5) is 0. The van der Waals surface area contributed by atoms with Gasteiger partial charge in [0.2, 0.25) is 0 Å². The molecule has 0 aliphatic carbocycles. The quantitative estimate of drug-likeness (QED) is 0.848. The van der Waals surface area contributed by atoms with Crippen molar-refractivity contribution in [3.63, 3.8) is 0 Å². The molecule has 1 aromatic carbocycles. The lowest BCUT2D eigenvalue weighted by atomic mass is 10.3. The van der Waals surface area contributed by atoms with Gasteiger partial charge in [-0.05, 0) is 53.2 Å². The smallest absolute Gasteiger partial charge is 0.146 e. The van der Waals surface area contributed by atoms with Crippen molar-refractivity contribution in [2.45, 2.75) is 13.5 Å². The minimum Gasteiger partial charge on any atom is -0.486 e. The maximum Gasteiger partial charge on any atom is 0.146 e. The Morgan fingerprint density at radius 3 is 2.75 bits per heavy atom. The first kappa shape index (κ1) is 11.2. The zero-order chi connectivity index (χ0) is 11.5. The second kappa shape index (κ2) is 4.70. The van der Waals surface area contributed by atoms with Crippen LogP contribution in [0.25, 0.3) is 0 Å². The summed E-state index contributed by atoms with van der Waals surface area (Å²) >= 11 is 3.10. The Kier molecular flexibility index (Phi) is 3.29. The average Bonchev–Trinajstić information content (AvgIpc) is 2.66. The number of hydrogen-bond acceptors (Lipinski definition) is 2. The Morgan fingerprint density at radius 1 is 1.31 bits per heavy atom. The van der Waals surface area contributed by atoms with E-state index in [1.807, 2.05) is 19.1 Å². The van der Waals surface area contributed by atoms with Crippen molar-refractivity contribution in [3.8, 4) is 5.75 Å². The van der Waals surface area contributed by atoms with Crippen molar-refractivity contribution in [1.29, 1.82) is 0 Å². The molecular formula is C12H10BrFO2. The maximum atomic E-state index is 12.9. The van der Waals surface area contributed by atoms with Gasteiger partial charge in [-0.3, -0.25) is 0 Å². The zero-order valence-corrected chi connectivity index (χ0v) is 10.3. The van der Waals surface area contributed by atoms with Gasteiger partial charge >= 0.3 is 0 Å². The van der Waals surface area contributed by atoms with Crippen LogP contribution in [0, 0.1) is 12.7 Å². The molecule has 2 aromatic rings. The average molecular weight is 285 g/mol. The van der Waals surface area contributed by atoms with Gasteiger partial charge < -0.3 is 9.15 Å². The van der Waals surface area contributed by atoms with Crippen LogP contribution in [0.2, 0.25) is 0 Å². The molecule has 0 atom stereocenters. The minimum atomic E-state index is -0.304. The van der Waals surface area contributed by atoms with Crippen LogP contribution in [-0.4, -0.2) is 0 Å². The number of benzene rings is 1. The molecule has 1 heterocycles. The molecule has 0 radical (unpaired) electrons. The van der Waals surface area contributed by atoms with E-state index in [2.05, 4.69) is 15.9 Å². The van der Waals surface area contributed by atoms with Crippen LogP contribution in [0.4, 0.5) is 4.39 Å². The number of hydrogen-bond donors (Lipinski definition) is 0. The second-order valence-corrected chi connectivity index (χ2v) is 4.23. The summed E-state index contributed by atoms with van der Waals surface area (Å²) in [6.45, 7) is 2.21. The van der Waals surface area contributed by atoms with Crippen molar-refractivity contribution < 1.29 is 13.5 Å². The Hall–Kier alpha value is -1.29. The van der Waals surface area contributed by atoms with Crippen molar-refractivity contribution in [2.75, 3.05) is 0 Å². The van der Waals surface area contributed by atoms with Crippen LogP contribution in [0.1, 0.15) is 11.5 Å². The molecule has 0 unspecified atom stereocenters. The first-order chi connectivity index (χ1) is 7.65. The molecule has 84 valence electrons. The third-order valence-corrected chi connectivity index (χ3v) is 2.68. The van der Waals surface area contributed by atoms with Gasteiger partial charge in [-0.25, -0.2) is 4.39 Å². The largest absolute Gasteiger partial charge is 0.486 e. The van der Waals surface area contributed by atoms with E-state index in [9.17, 15) is 4.39 Å². The maximum absolute atomic E-state index is 12.9. The summed E-state index contributed by atoms with van der Waals surface area (Å²) in [5.41, 5.74) is 0. The highest BCUT2D eigenvalue weighted by Crippen LogP contribution is 2.22. The molecule has 0 saturated heterocycles. The Balaban J connectivity index is 2.02. The fourth-order valence-electron chi connectivity index (χ4n) is 1.28. The van der Waals surface area contributed by atoms with Gasteiger partial charge in [0, 0.05) is 0 Å². The number of ether oxygens (including phenoxy) is 1. The van der Waals surface area contributed by atoms with Crippen LogP contribution in [-0.2, 0) is 6.61 Å². The van der Waals surface area contributed by atoms with Crippen LogP contribution < -0.4 is 4.74 Å². The Bertz CT molecular complexity index is 494. The molecule has 2 nitrogen and oxygen atoms in total. The number of aryl methyl sites for hydroxylation is 1. The molecule has 0 fully saturated rings. The van der Waals surface area contributed by atoms with Crippen molar-refractivity contribution in [3.05, 3.63) is 52.1 Å². The molecule has 0 saturated carbocycles. The normalized spacial score (nSPS) is 10.4. The number of furan rings is 1. The fraction of sp³-hybridized carbons (Fsp3) is 0.167. The molecule has 0 amide bonds. The molecule has 0 N–H and O–H groups in total. The first-order valence-corrected chi connectivity index (χ1v) is 5.57.